The quantitative estimate of drug-likeness (QED) is 0.390. The number of rotatable bonds is 9. The number of hydrogen-bond donors (Lipinski definition) is 2. The van der Waals surface area contributed by atoms with Gasteiger partial charge >= 0.3 is 0 Å². The molecule has 1 aromatic heterocycles. The highest BCUT2D eigenvalue weighted by Gasteiger charge is 2.40. The van der Waals surface area contributed by atoms with Gasteiger partial charge in [0, 0.05) is 49.8 Å². The summed E-state index contributed by atoms with van der Waals surface area (Å²) in [6.45, 7) is 1.07. The minimum atomic E-state index is -3.99. The summed E-state index contributed by atoms with van der Waals surface area (Å²) in [6.07, 6.45) is 10.7. The molecule has 1 saturated carbocycles. The van der Waals surface area contributed by atoms with Crippen LogP contribution in [0.4, 0.5) is 0 Å². The molecule has 1 aromatic carbocycles. The van der Waals surface area contributed by atoms with Crippen LogP contribution in [0.2, 0.25) is 0 Å². The first kappa shape index (κ1) is 26.5. The van der Waals surface area contributed by atoms with Crippen LogP contribution in [0.15, 0.2) is 41.6 Å². The smallest absolute Gasteiger partial charge is 0.248 e. The van der Waals surface area contributed by atoms with Gasteiger partial charge in [-0.25, -0.2) is 18.2 Å². The van der Waals surface area contributed by atoms with E-state index < -0.39 is 27.8 Å². The van der Waals surface area contributed by atoms with E-state index in [0.717, 1.165) is 49.3 Å². The van der Waals surface area contributed by atoms with E-state index >= 15 is 0 Å². The lowest BCUT2D eigenvalue weighted by atomic mass is 9.81. The van der Waals surface area contributed by atoms with E-state index in [9.17, 15) is 23.2 Å². The summed E-state index contributed by atoms with van der Waals surface area (Å²) in [7, 11) is -2.57. The summed E-state index contributed by atoms with van der Waals surface area (Å²) >= 11 is 0. The second kappa shape index (κ2) is 11.7. The fraction of sp³-hybridized carbons (Fsp3) is 0.577. The van der Waals surface area contributed by atoms with Crippen LogP contribution in [-0.4, -0.2) is 66.3 Å². The molecule has 2 heterocycles. The van der Waals surface area contributed by atoms with Crippen molar-refractivity contribution in [3.8, 4) is 0 Å². The monoisotopic (exact) mass is 516 g/mol. The zero-order valence-corrected chi connectivity index (χ0v) is 21.6. The SMILES string of the molecule is CN(C[C@H](C(=O)NO)[C@@H](CC1CCCC1)C(=O)N1CCCCC1)S(=O)(=O)c1cccc2cnccc12. The summed E-state index contributed by atoms with van der Waals surface area (Å²) in [6, 6.07) is 6.63. The number of carbonyl (C=O) groups is 2. The Hall–Kier alpha value is -2.56. The van der Waals surface area contributed by atoms with E-state index in [1.807, 2.05) is 4.90 Å². The van der Waals surface area contributed by atoms with Crippen LogP contribution in [0, 0.1) is 17.8 Å². The zero-order valence-electron chi connectivity index (χ0n) is 20.8. The molecule has 0 radical (unpaired) electrons. The molecule has 2 fully saturated rings. The van der Waals surface area contributed by atoms with Crippen LogP contribution in [0.25, 0.3) is 10.8 Å². The highest BCUT2D eigenvalue weighted by Crippen LogP contribution is 2.35. The van der Waals surface area contributed by atoms with Gasteiger partial charge in [-0.2, -0.15) is 0 Å². The first-order valence-corrected chi connectivity index (χ1v) is 14.3. The Morgan fingerprint density at radius 3 is 2.53 bits per heavy atom. The van der Waals surface area contributed by atoms with Crippen LogP contribution in [0.5, 0.6) is 0 Å². The van der Waals surface area contributed by atoms with Gasteiger partial charge in [-0.1, -0.05) is 37.8 Å². The van der Waals surface area contributed by atoms with E-state index in [1.165, 1.54) is 19.3 Å². The number of amides is 2. The van der Waals surface area contributed by atoms with E-state index in [2.05, 4.69) is 4.98 Å². The van der Waals surface area contributed by atoms with Crippen molar-refractivity contribution < 1.29 is 23.2 Å². The molecule has 4 rings (SSSR count). The lowest BCUT2D eigenvalue weighted by Gasteiger charge is -2.35. The largest absolute Gasteiger partial charge is 0.342 e. The Kier molecular flexibility index (Phi) is 8.58. The van der Waals surface area contributed by atoms with Crippen molar-refractivity contribution in [2.24, 2.45) is 17.8 Å². The maximum Gasteiger partial charge on any atom is 0.248 e. The van der Waals surface area contributed by atoms with E-state index in [0.29, 0.717) is 36.2 Å². The maximum atomic E-state index is 13.7. The molecule has 9 nitrogen and oxygen atoms in total. The van der Waals surface area contributed by atoms with Crippen LogP contribution in [0.1, 0.15) is 51.4 Å². The minimum absolute atomic E-state index is 0.114. The van der Waals surface area contributed by atoms with Gasteiger partial charge in [0.15, 0.2) is 0 Å². The molecule has 1 aliphatic carbocycles. The number of carbonyl (C=O) groups excluding carboxylic acids is 2. The first-order valence-electron chi connectivity index (χ1n) is 12.8. The number of nitrogens with one attached hydrogen (secondary N) is 1. The number of nitrogens with zero attached hydrogens (tertiary/aromatic N) is 3. The average Bonchev–Trinajstić information content (AvgIpc) is 3.43. The van der Waals surface area contributed by atoms with E-state index in [-0.39, 0.29) is 17.3 Å². The number of aromatic nitrogens is 1. The number of likely N-dealkylation sites (tertiary alicyclic amines) is 1. The van der Waals surface area contributed by atoms with Gasteiger partial charge in [-0.3, -0.25) is 19.8 Å². The van der Waals surface area contributed by atoms with Crippen molar-refractivity contribution in [1.82, 2.24) is 19.7 Å². The highest BCUT2D eigenvalue weighted by atomic mass is 32.2. The second-order valence-corrected chi connectivity index (χ2v) is 12.1. The summed E-state index contributed by atoms with van der Waals surface area (Å²) < 4.78 is 28.4. The van der Waals surface area contributed by atoms with Crippen LogP contribution < -0.4 is 5.48 Å². The molecule has 2 N–H and O–H groups in total. The van der Waals surface area contributed by atoms with Gasteiger partial charge in [-0.15, -0.1) is 0 Å². The predicted octanol–water partition coefficient (Wildman–Crippen LogP) is 3.19. The molecule has 2 aromatic rings. The number of hydroxylamine groups is 1. The number of piperidine rings is 1. The topological polar surface area (TPSA) is 120 Å². The van der Waals surface area contributed by atoms with Crippen LogP contribution >= 0.6 is 0 Å². The Morgan fingerprint density at radius 2 is 1.83 bits per heavy atom. The van der Waals surface area contributed by atoms with Gasteiger partial charge in [0.1, 0.15) is 0 Å². The number of hydrogen-bond acceptors (Lipinski definition) is 6. The highest BCUT2D eigenvalue weighted by molar-refractivity contribution is 7.89. The lowest BCUT2D eigenvalue weighted by molar-refractivity contribution is -0.146. The lowest BCUT2D eigenvalue weighted by Crippen LogP contribution is -2.49. The summed E-state index contributed by atoms with van der Waals surface area (Å²) in [5, 5.41) is 10.8. The molecule has 0 bridgehead atoms. The fourth-order valence-electron chi connectivity index (χ4n) is 5.73. The van der Waals surface area contributed by atoms with Crippen LogP contribution in [0.3, 0.4) is 0 Å². The molecule has 0 spiro atoms. The third kappa shape index (κ3) is 5.71. The Bertz CT molecular complexity index is 1170. The molecular formula is C26H36N4O5S. The van der Waals surface area contributed by atoms with Gasteiger partial charge < -0.3 is 4.90 Å². The number of sulfonamides is 1. The third-order valence-corrected chi connectivity index (χ3v) is 9.64. The Labute approximate surface area is 212 Å². The minimum Gasteiger partial charge on any atom is -0.342 e. The Morgan fingerprint density at radius 1 is 1.11 bits per heavy atom. The molecule has 2 amide bonds. The van der Waals surface area contributed by atoms with Crippen molar-refractivity contribution in [3.05, 3.63) is 36.7 Å². The average molecular weight is 517 g/mol. The third-order valence-electron chi connectivity index (χ3n) is 7.76. The van der Waals surface area contributed by atoms with Gasteiger partial charge in [0.25, 0.3) is 0 Å². The number of pyridine rings is 1. The Balaban J connectivity index is 1.64. The van der Waals surface area contributed by atoms with Crippen molar-refractivity contribution in [2.75, 3.05) is 26.7 Å². The van der Waals surface area contributed by atoms with Gasteiger partial charge in [0.2, 0.25) is 21.8 Å². The molecule has 10 heteroatoms. The standard InChI is InChI=1S/C26H36N4O5S/c1-29(36(34,35)24-11-7-10-20-17-27-13-12-21(20)24)18-23(25(31)28-33)22(16-19-8-3-4-9-19)26(32)30-14-5-2-6-15-30/h7,10-13,17,19,22-23,33H,2-6,8-9,14-16,18H2,1H3,(H,28,31)/t22-,23+/m1/s1. The van der Waals surface area contributed by atoms with Crippen molar-refractivity contribution in [1.29, 1.82) is 0 Å². The molecule has 2 atom stereocenters. The molecule has 1 aliphatic heterocycles. The van der Waals surface area contributed by atoms with Crippen molar-refractivity contribution >= 4 is 32.6 Å². The van der Waals surface area contributed by atoms with Crippen LogP contribution in [-0.2, 0) is 19.6 Å². The molecular weight excluding hydrogens is 480 g/mol. The number of fused-ring (bicyclic) bond motifs is 1. The first-order chi connectivity index (χ1) is 17.3. The normalized spacial score (nSPS) is 18.9. The second-order valence-electron chi connectivity index (χ2n) is 10.1. The zero-order chi connectivity index (χ0) is 25.7. The fourth-order valence-corrected chi connectivity index (χ4v) is 7.13. The van der Waals surface area contributed by atoms with Gasteiger partial charge in [-0.05, 0) is 43.7 Å². The molecule has 196 valence electrons. The molecule has 1 saturated heterocycles. The van der Waals surface area contributed by atoms with Crippen molar-refractivity contribution in [3.63, 3.8) is 0 Å². The molecule has 2 aliphatic rings. The van der Waals surface area contributed by atoms with E-state index in [1.54, 1.807) is 29.9 Å². The summed E-state index contributed by atoms with van der Waals surface area (Å²) in [5.41, 5.74) is 1.72. The molecule has 0 unspecified atom stereocenters. The summed E-state index contributed by atoms with van der Waals surface area (Å²) in [4.78, 5) is 32.7. The molecule has 36 heavy (non-hydrogen) atoms. The number of benzene rings is 1. The summed E-state index contributed by atoms with van der Waals surface area (Å²) in [5.74, 6) is -2.25. The van der Waals surface area contributed by atoms with Crippen molar-refractivity contribution in [2.45, 2.75) is 56.3 Å². The maximum absolute atomic E-state index is 13.7. The predicted molar refractivity (Wildman–Crippen MR) is 135 cm³/mol. The van der Waals surface area contributed by atoms with E-state index in [4.69, 9.17) is 0 Å². The van der Waals surface area contributed by atoms with Gasteiger partial charge in [0.05, 0.1) is 16.7 Å².